The first-order valence-electron chi connectivity index (χ1n) is 9.14. The van der Waals surface area contributed by atoms with E-state index in [9.17, 15) is 13.2 Å². The topological polar surface area (TPSA) is 57.7 Å². The summed E-state index contributed by atoms with van der Waals surface area (Å²) in [4.78, 5) is 14.7. The Morgan fingerprint density at radius 3 is 2.36 bits per heavy atom. The Morgan fingerprint density at radius 1 is 1.16 bits per heavy atom. The Balaban J connectivity index is 2.06. The van der Waals surface area contributed by atoms with Crippen molar-refractivity contribution in [2.45, 2.75) is 46.5 Å². The molecule has 140 valence electrons. The van der Waals surface area contributed by atoms with Crippen molar-refractivity contribution in [1.82, 2.24) is 9.21 Å². The van der Waals surface area contributed by atoms with Crippen LogP contribution in [0.2, 0.25) is 0 Å². The number of piperazine rings is 1. The highest BCUT2D eigenvalue weighted by Gasteiger charge is 2.29. The summed E-state index contributed by atoms with van der Waals surface area (Å²) in [6.07, 6.45) is 1.55. The molecular weight excluding hydrogens is 336 g/mol. The maximum absolute atomic E-state index is 12.9. The predicted molar refractivity (Wildman–Crippen MR) is 101 cm³/mol. The van der Waals surface area contributed by atoms with Gasteiger partial charge >= 0.3 is 0 Å². The molecule has 5 nitrogen and oxygen atoms in total. The van der Waals surface area contributed by atoms with E-state index in [2.05, 4.69) is 19.9 Å². The average molecular weight is 367 g/mol. The summed E-state index contributed by atoms with van der Waals surface area (Å²) in [6.45, 7) is 9.84. The second-order valence-corrected chi connectivity index (χ2v) is 9.18. The minimum absolute atomic E-state index is 0.00519. The summed E-state index contributed by atoms with van der Waals surface area (Å²) >= 11 is 0. The molecule has 1 fully saturated rings. The molecule has 0 atom stereocenters. The van der Waals surface area contributed by atoms with E-state index in [0.717, 1.165) is 23.1 Å². The van der Waals surface area contributed by atoms with Gasteiger partial charge in [0.05, 0.1) is 5.75 Å². The molecule has 1 aromatic carbocycles. The third-order valence-corrected chi connectivity index (χ3v) is 6.79. The van der Waals surface area contributed by atoms with Gasteiger partial charge in [-0.15, -0.1) is 0 Å². The Labute approximate surface area is 152 Å². The van der Waals surface area contributed by atoms with Crippen LogP contribution in [0.15, 0.2) is 18.2 Å². The molecule has 0 spiro atoms. The zero-order valence-corrected chi connectivity index (χ0v) is 16.6. The quantitative estimate of drug-likeness (QED) is 0.778. The van der Waals surface area contributed by atoms with Gasteiger partial charge in [-0.05, 0) is 36.5 Å². The lowest BCUT2D eigenvalue weighted by atomic mass is 9.97. The number of hydrogen-bond acceptors (Lipinski definition) is 3. The second-order valence-electron chi connectivity index (χ2n) is 7.09. The number of nitrogens with zero attached hydrogens (tertiary/aromatic N) is 2. The largest absolute Gasteiger partial charge is 0.336 e. The third kappa shape index (κ3) is 4.82. The first-order valence-corrected chi connectivity index (χ1v) is 10.7. The van der Waals surface area contributed by atoms with E-state index >= 15 is 0 Å². The van der Waals surface area contributed by atoms with Crippen LogP contribution in [0.5, 0.6) is 0 Å². The minimum atomic E-state index is -3.19. The Hall–Kier alpha value is -1.40. The normalized spacial score (nSPS) is 16.4. The van der Waals surface area contributed by atoms with Crippen molar-refractivity contribution in [3.05, 3.63) is 34.9 Å². The van der Waals surface area contributed by atoms with Crippen LogP contribution >= 0.6 is 0 Å². The summed E-state index contributed by atoms with van der Waals surface area (Å²) in [6, 6.07) is 6.04. The molecule has 1 saturated heterocycles. The maximum Gasteiger partial charge on any atom is 0.254 e. The first kappa shape index (κ1) is 19.9. The Morgan fingerprint density at radius 2 is 1.80 bits per heavy atom. The number of sulfonamides is 1. The number of carbonyl (C=O) groups is 1. The highest BCUT2D eigenvalue weighted by atomic mass is 32.2. The van der Waals surface area contributed by atoms with Gasteiger partial charge in [-0.2, -0.15) is 4.31 Å². The molecule has 1 aliphatic heterocycles. The van der Waals surface area contributed by atoms with Crippen LogP contribution in [0.4, 0.5) is 0 Å². The van der Waals surface area contributed by atoms with Crippen LogP contribution in [-0.2, 0) is 10.0 Å². The van der Waals surface area contributed by atoms with Gasteiger partial charge in [-0.25, -0.2) is 8.42 Å². The number of aryl methyl sites for hydroxylation is 1. The second kappa shape index (κ2) is 8.32. The summed E-state index contributed by atoms with van der Waals surface area (Å²) in [7, 11) is -3.19. The molecule has 0 N–H and O–H groups in total. The molecule has 1 amide bonds. The van der Waals surface area contributed by atoms with E-state index in [0.29, 0.717) is 38.5 Å². The first-order chi connectivity index (χ1) is 11.8. The van der Waals surface area contributed by atoms with Gasteiger partial charge < -0.3 is 4.90 Å². The molecule has 25 heavy (non-hydrogen) atoms. The van der Waals surface area contributed by atoms with E-state index in [4.69, 9.17) is 0 Å². The van der Waals surface area contributed by atoms with Gasteiger partial charge in [-0.1, -0.05) is 39.3 Å². The smallest absolute Gasteiger partial charge is 0.254 e. The van der Waals surface area contributed by atoms with Crippen molar-refractivity contribution >= 4 is 15.9 Å². The number of carbonyl (C=O) groups excluding carboxylic acids is 1. The fourth-order valence-corrected chi connectivity index (χ4v) is 4.66. The summed E-state index contributed by atoms with van der Waals surface area (Å²) in [5.41, 5.74) is 2.84. The van der Waals surface area contributed by atoms with Crippen LogP contribution in [-0.4, -0.2) is 55.5 Å². The van der Waals surface area contributed by atoms with Crippen molar-refractivity contribution in [1.29, 1.82) is 0 Å². The lowest BCUT2D eigenvalue weighted by molar-refractivity contribution is 0.0697. The Kier molecular flexibility index (Phi) is 6.63. The van der Waals surface area contributed by atoms with E-state index in [-0.39, 0.29) is 11.7 Å². The fraction of sp³-hybridized carbons (Fsp3) is 0.632. The summed E-state index contributed by atoms with van der Waals surface area (Å²) < 4.78 is 26.1. The van der Waals surface area contributed by atoms with Gasteiger partial charge in [0.15, 0.2) is 0 Å². The minimum Gasteiger partial charge on any atom is -0.336 e. The van der Waals surface area contributed by atoms with Crippen molar-refractivity contribution < 1.29 is 13.2 Å². The fourth-order valence-electron chi connectivity index (χ4n) is 3.02. The van der Waals surface area contributed by atoms with E-state index in [1.165, 1.54) is 4.31 Å². The monoisotopic (exact) mass is 366 g/mol. The highest BCUT2D eigenvalue weighted by Crippen LogP contribution is 2.21. The summed E-state index contributed by atoms with van der Waals surface area (Å²) in [5, 5.41) is 0. The molecule has 1 aliphatic rings. The molecule has 1 aromatic rings. The van der Waals surface area contributed by atoms with Gasteiger partial charge in [0.1, 0.15) is 0 Å². The summed E-state index contributed by atoms with van der Waals surface area (Å²) in [5.74, 6) is 0.575. The van der Waals surface area contributed by atoms with E-state index < -0.39 is 10.0 Å². The molecule has 0 unspecified atom stereocenters. The average Bonchev–Trinajstić information content (AvgIpc) is 2.59. The Bertz CT molecular complexity index is 705. The van der Waals surface area contributed by atoms with Gasteiger partial charge in [0, 0.05) is 31.7 Å². The molecule has 0 saturated carbocycles. The van der Waals surface area contributed by atoms with Crippen LogP contribution in [0.1, 0.15) is 61.0 Å². The number of rotatable bonds is 6. The zero-order valence-electron chi connectivity index (χ0n) is 15.8. The number of benzene rings is 1. The van der Waals surface area contributed by atoms with Gasteiger partial charge in [0.2, 0.25) is 10.0 Å². The van der Waals surface area contributed by atoms with Crippen molar-refractivity contribution in [3.63, 3.8) is 0 Å². The highest BCUT2D eigenvalue weighted by molar-refractivity contribution is 7.89. The van der Waals surface area contributed by atoms with Crippen LogP contribution in [0.3, 0.4) is 0 Å². The molecule has 0 bridgehead atoms. The lowest BCUT2D eigenvalue weighted by Gasteiger charge is -2.34. The third-order valence-electron chi connectivity index (χ3n) is 4.83. The van der Waals surface area contributed by atoms with E-state index in [1.54, 1.807) is 4.90 Å². The van der Waals surface area contributed by atoms with Crippen LogP contribution < -0.4 is 0 Å². The number of unbranched alkanes of at least 4 members (excludes halogenated alkanes) is 1. The standard InChI is InChI=1S/C19H30N2O3S/c1-5-6-13-25(23,24)21-11-9-20(10-12-21)19(22)18-14-17(15(2)3)8-7-16(18)4/h7-8,14-15H,5-6,9-13H2,1-4H3. The molecule has 1 heterocycles. The van der Waals surface area contributed by atoms with Crippen LogP contribution in [0, 0.1) is 6.92 Å². The molecule has 0 radical (unpaired) electrons. The maximum atomic E-state index is 12.9. The van der Waals surface area contributed by atoms with Gasteiger partial charge in [0.25, 0.3) is 5.91 Å². The SMILES string of the molecule is CCCCS(=O)(=O)N1CCN(C(=O)c2cc(C(C)C)ccc2C)CC1. The molecule has 2 rings (SSSR count). The predicted octanol–water partition coefficient (Wildman–Crippen LogP) is 3.01. The van der Waals surface area contributed by atoms with E-state index in [1.807, 2.05) is 26.0 Å². The van der Waals surface area contributed by atoms with Crippen molar-refractivity contribution in [3.8, 4) is 0 Å². The number of hydrogen-bond donors (Lipinski definition) is 0. The lowest BCUT2D eigenvalue weighted by Crippen LogP contribution is -2.51. The molecular formula is C19H30N2O3S. The van der Waals surface area contributed by atoms with Gasteiger partial charge in [-0.3, -0.25) is 4.79 Å². The molecule has 0 aliphatic carbocycles. The van der Waals surface area contributed by atoms with Crippen molar-refractivity contribution in [2.75, 3.05) is 31.9 Å². The number of amides is 1. The molecule has 6 heteroatoms. The zero-order chi connectivity index (χ0) is 18.6. The van der Waals surface area contributed by atoms with Crippen LogP contribution in [0.25, 0.3) is 0 Å². The van der Waals surface area contributed by atoms with Crippen molar-refractivity contribution in [2.24, 2.45) is 0 Å². The molecule has 0 aromatic heterocycles.